The van der Waals surface area contributed by atoms with E-state index in [4.69, 9.17) is 9.84 Å². The van der Waals surface area contributed by atoms with Gasteiger partial charge in [0.15, 0.2) is 0 Å². The Morgan fingerprint density at radius 2 is 2.22 bits per heavy atom. The lowest BCUT2D eigenvalue weighted by Gasteiger charge is -2.42. The molecule has 1 aromatic carbocycles. The fourth-order valence-electron chi connectivity index (χ4n) is 2.53. The molecule has 0 aliphatic carbocycles. The number of ether oxygens (including phenoxy) is 1. The van der Waals surface area contributed by atoms with Gasteiger partial charge >= 0.3 is 5.97 Å². The van der Waals surface area contributed by atoms with Gasteiger partial charge in [-0.2, -0.15) is 0 Å². The summed E-state index contributed by atoms with van der Waals surface area (Å²) in [7, 11) is 0. The summed E-state index contributed by atoms with van der Waals surface area (Å²) in [6, 6.07) is 8.22. The highest BCUT2D eigenvalue weighted by Crippen LogP contribution is 2.46. The molecule has 2 aromatic rings. The molecule has 1 fully saturated rings. The number of hydrogen-bond acceptors (Lipinski definition) is 3. The van der Waals surface area contributed by atoms with Crippen LogP contribution >= 0.6 is 11.3 Å². The van der Waals surface area contributed by atoms with Crippen LogP contribution in [0, 0.1) is 0 Å². The first-order chi connectivity index (χ1) is 8.71. The Hall–Kier alpha value is -1.39. The zero-order valence-corrected chi connectivity index (χ0v) is 10.7. The lowest BCUT2D eigenvalue weighted by atomic mass is 9.82. The van der Waals surface area contributed by atoms with Gasteiger partial charge in [0.05, 0.1) is 12.2 Å². The highest BCUT2D eigenvalue weighted by Gasteiger charge is 2.41. The smallest absolute Gasteiger partial charge is 0.303 e. The molecular weight excluding hydrogens is 248 g/mol. The molecule has 1 saturated heterocycles. The number of carboxylic acids is 1. The Kier molecular flexibility index (Phi) is 2.84. The van der Waals surface area contributed by atoms with Crippen LogP contribution in [0.2, 0.25) is 0 Å². The summed E-state index contributed by atoms with van der Waals surface area (Å²) in [6.07, 6.45) is 1.63. The number of carboxylic acid groups (broad SMARTS) is 1. The SMILES string of the molecule is O=C(O)CCC1(c2csc3ccccc23)CCO1. The summed E-state index contributed by atoms with van der Waals surface area (Å²) in [5.74, 6) is -0.760. The third kappa shape index (κ3) is 1.82. The van der Waals surface area contributed by atoms with E-state index in [0.717, 1.165) is 18.6 Å². The molecule has 1 aliphatic heterocycles. The molecule has 1 aromatic heterocycles. The minimum Gasteiger partial charge on any atom is -0.481 e. The number of aliphatic carboxylic acids is 1. The summed E-state index contributed by atoms with van der Waals surface area (Å²) in [4.78, 5) is 10.8. The fraction of sp³-hybridized carbons (Fsp3) is 0.357. The molecule has 4 heteroatoms. The normalized spacial score (nSPS) is 22.9. The molecule has 0 saturated carbocycles. The monoisotopic (exact) mass is 262 g/mol. The van der Waals surface area contributed by atoms with Gasteiger partial charge in [-0.05, 0) is 23.3 Å². The Morgan fingerprint density at radius 3 is 2.89 bits per heavy atom. The molecule has 94 valence electrons. The van der Waals surface area contributed by atoms with Crippen molar-refractivity contribution in [1.29, 1.82) is 0 Å². The average Bonchev–Trinajstić information content (AvgIpc) is 2.72. The molecule has 1 unspecified atom stereocenters. The summed E-state index contributed by atoms with van der Waals surface area (Å²) in [5, 5.41) is 12.2. The van der Waals surface area contributed by atoms with E-state index in [1.165, 1.54) is 10.1 Å². The van der Waals surface area contributed by atoms with Gasteiger partial charge in [-0.3, -0.25) is 4.79 Å². The maximum absolute atomic E-state index is 10.8. The zero-order valence-electron chi connectivity index (χ0n) is 9.89. The maximum Gasteiger partial charge on any atom is 0.303 e. The van der Waals surface area contributed by atoms with Gasteiger partial charge in [-0.25, -0.2) is 0 Å². The van der Waals surface area contributed by atoms with Crippen LogP contribution in [0.25, 0.3) is 10.1 Å². The van der Waals surface area contributed by atoms with Crippen molar-refractivity contribution >= 4 is 27.4 Å². The molecule has 1 atom stereocenters. The molecule has 18 heavy (non-hydrogen) atoms. The molecule has 3 rings (SSSR count). The molecule has 3 nitrogen and oxygen atoms in total. The van der Waals surface area contributed by atoms with E-state index in [2.05, 4.69) is 17.5 Å². The second-order valence-electron chi connectivity index (χ2n) is 4.63. The molecule has 0 spiro atoms. The van der Waals surface area contributed by atoms with Gasteiger partial charge in [0, 0.05) is 23.1 Å². The van der Waals surface area contributed by atoms with Crippen LogP contribution in [0.3, 0.4) is 0 Å². The van der Waals surface area contributed by atoms with Crippen LogP contribution in [-0.2, 0) is 15.1 Å². The predicted molar refractivity (Wildman–Crippen MR) is 70.9 cm³/mol. The fourth-order valence-corrected chi connectivity index (χ4v) is 3.58. The van der Waals surface area contributed by atoms with Crippen molar-refractivity contribution in [2.24, 2.45) is 0 Å². The molecule has 0 amide bonds. The van der Waals surface area contributed by atoms with Gasteiger partial charge in [0.1, 0.15) is 0 Å². The maximum atomic E-state index is 10.8. The number of hydrogen-bond donors (Lipinski definition) is 1. The van der Waals surface area contributed by atoms with E-state index in [9.17, 15) is 4.79 Å². The van der Waals surface area contributed by atoms with Crippen LogP contribution in [0.4, 0.5) is 0 Å². The highest BCUT2D eigenvalue weighted by atomic mass is 32.1. The van der Waals surface area contributed by atoms with Gasteiger partial charge in [-0.15, -0.1) is 11.3 Å². The van der Waals surface area contributed by atoms with Crippen molar-refractivity contribution in [3.63, 3.8) is 0 Å². The van der Waals surface area contributed by atoms with Crippen LogP contribution in [0.1, 0.15) is 24.8 Å². The van der Waals surface area contributed by atoms with Crippen LogP contribution in [-0.4, -0.2) is 17.7 Å². The van der Waals surface area contributed by atoms with Crippen LogP contribution in [0.15, 0.2) is 29.6 Å². The van der Waals surface area contributed by atoms with E-state index >= 15 is 0 Å². The van der Waals surface area contributed by atoms with Crippen molar-refractivity contribution < 1.29 is 14.6 Å². The Balaban J connectivity index is 1.98. The number of benzene rings is 1. The van der Waals surface area contributed by atoms with E-state index in [1.807, 2.05) is 12.1 Å². The van der Waals surface area contributed by atoms with Gasteiger partial charge < -0.3 is 9.84 Å². The largest absolute Gasteiger partial charge is 0.481 e. The first-order valence-corrected chi connectivity index (χ1v) is 6.92. The third-order valence-corrected chi connectivity index (χ3v) is 4.56. The number of rotatable bonds is 4. The summed E-state index contributed by atoms with van der Waals surface area (Å²) in [6.45, 7) is 0.726. The summed E-state index contributed by atoms with van der Waals surface area (Å²) >= 11 is 1.70. The third-order valence-electron chi connectivity index (χ3n) is 3.60. The van der Waals surface area contributed by atoms with Crippen molar-refractivity contribution in [2.75, 3.05) is 6.61 Å². The predicted octanol–water partition coefficient (Wildman–Crippen LogP) is 3.38. The zero-order chi connectivity index (χ0) is 12.6. The minimum absolute atomic E-state index is 0.157. The topological polar surface area (TPSA) is 46.5 Å². The highest BCUT2D eigenvalue weighted by molar-refractivity contribution is 7.17. The summed E-state index contributed by atoms with van der Waals surface area (Å²) < 4.78 is 7.00. The number of thiophene rings is 1. The number of fused-ring (bicyclic) bond motifs is 1. The molecule has 1 aliphatic rings. The Morgan fingerprint density at radius 1 is 1.44 bits per heavy atom. The van der Waals surface area contributed by atoms with Gasteiger partial charge in [0.25, 0.3) is 0 Å². The standard InChI is InChI=1S/C14H14O3S/c15-13(16)5-6-14(7-8-17-14)11-9-18-12-4-2-1-3-10(11)12/h1-4,9H,5-8H2,(H,15,16). The van der Waals surface area contributed by atoms with E-state index in [0.29, 0.717) is 6.42 Å². The van der Waals surface area contributed by atoms with Crippen molar-refractivity contribution in [3.05, 3.63) is 35.2 Å². The quantitative estimate of drug-likeness (QED) is 0.918. The number of carbonyl (C=O) groups is 1. The van der Waals surface area contributed by atoms with Crippen molar-refractivity contribution in [1.82, 2.24) is 0 Å². The Bertz CT molecular complexity index is 583. The van der Waals surface area contributed by atoms with E-state index in [1.54, 1.807) is 11.3 Å². The first-order valence-electron chi connectivity index (χ1n) is 6.04. The minimum atomic E-state index is -0.760. The van der Waals surface area contributed by atoms with Crippen molar-refractivity contribution in [2.45, 2.75) is 24.9 Å². The molecule has 1 N–H and O–H groups in total. The first kappa shape index (κ1) is 11.7. The van der Waals surface area contributed by atoms with Crippen LogP contribution in [0.5, 0.6) is 0 Å². The average molecular weight is 262 g/mol. The second kappa shape index (κ2) is 4.37. The van der Waals surface area contributed by atoms with E-state index in [-0.39, 0.29) is 12.0 Å². The molecule has 0 bridgehead atoms. The van der Waals surface area contributed by atoms with Gasteiger partial charge in [-0.1, -0.05) is 18.2 Å². The van der Waals surface area contributed by atoms with Crippen LogP contribution < -0.4 is 0 Å². The van der Waals surface area contributed by atoms with E-state index < -0.39 is 5.97 Å². The molecular formula is C14H14O3S. The van der Waals surface area contributed by atoms with Gasteiger partial charge in [0.2, 0.25) is 0 Å². The molecule has 2 heterocycles. The molecule has 0 radical (unpaired) electrons. The lowest BCUT2D eigenvalue weighted by molar-refractivity contribution is -0.164. The second-order valence-corrected chi connectivity index (χ2v) is 5.54. The summed E-state index contributed by atoms with van der Waals surface area (Å²) in [5.41, 5.74) is 0.799. The Labute approximate surface area is 109 Å². The van der Waals surface area contributed by atoms with Crippen molar-refractivity contribution in [3.8, 4) is 0 Å². The lowest BCUT2D eigenvalue weighted by Crippen LogP contribution is -2.41.